The molecule has 4 aromatic carbocycles. The molecule has 1 heterocycles. The van der Waals surface area contributed by atoms with Crippen LogP contribution in [0.2, 0.25) is 10.0 Å². The number of benzene rings is 4. The van der Waals surface area contributed by atoms with Crippen molar-refractivity contribution in [3.8, 4) is 5.69 Å². The number of carbonyl (C=O) groups excluding carboxylic acids is 3. The highest BCUT2D eigenvalue weighted by molar-refractivity contribution is 8.00. The lowest BCUT2D eigenvalue weighted by Gasteiger charge is -2.14. The Balaban J connectivity index is 1.27. The van der Waals surface area contributed by atoms with Gasteiger partial charge in [-0.2, -0.15) is 0 Å². The number of thioether (sulfide) groups is 1. The van der Waals surface area contributed by atoms with E-state index in [0.717, 1.165) is 4.90 Å². The maximum Gasteiger partial charge on any atom is 0.295 e. The number of halogens is 2. The van der Waals surface area contributed by atoms with Crippen LogP contribution >= 0.6 is 35.0 Å². The molecule has 0 aliphatic rings. The summed E-state index contributed by atoms with van der Waals surface area (Å²) in [6.45, 7) is 3.52. The molecular formula is C36H31Cl2N5O4S. The minimum Gasteiger partial charge on any atom is -0.321 e. The molecule has 48 heavy (non-hydrogen) atoms. The number of nitrogens with one attached hydrogen (secondary N) is 3. The molecule has 244 valence electrons. The average molecular weight is 701 g/mol. The molecule has 12 heteroatoms. The van der Waals surface area contributed by atoms with E-state index in [1.165, 1.54) is 22.5 Å². The van der Waals surface area contributed by atoms with Gasteiger partial charge in [-0.3, -0.25) is 23.9 Å². The highest BCUT2D eigenvalue weighted by Gasteiger charge is 2.22. The van der Waals surface area contributed by atoms with Crippen LogP contribution in [0.5, 0.6) is 0 Å². The fraction of sp³-hybridized carbons (Fsp3) is 0.111. The largest absolute Gasteiger partial charge is 0.321 e. The van der Waals surface area contributed by atoms with Crippen LogP contribution in [0.15, 0.2) is 119 Å². The second-order valence-corrected chi connectivity index (χ2v) is 12.9. The molecule has 1 unspecified atom stereocenters. The van der Waals surface area contributed by atoms with E-state index in [0.29, 0.717) is 38.2 Å². The van der Waals surface area contributed by atoms with Crippen LogP contribution in [0.4, 0.5) is 11.4 Å². The number of anilines is 2. The predicted octanol–water partition coefficient (Wildman–Crippen LogP) is 7.32. The molecule has 3 amide bonds. The van der Waals surface area contributed by atoms with Gasteiger partial charge in [-0.05, 0) is 80.6 Å². The molecule has 1 aromatic heterocycles. The highest BCUT2D eigenvalue weighted by atomic mass is 35.5. The summed E-state index contributed by atoms with van der Waals surface area (Å²) in [6, 6.07) is 29.5. The van der Waals surface area contributed by atoms with Crippen LogP contribution in [0, 0.1) is 6.92 Å². The second kappa shape index (κ2) is 15.2. The molecule has 5 aromatic rings. The van der Waals surface area contributed by atoms with Gasteiger partial charge in [0.25, 0.3) is 17.4 Å². The number of para-hydroxylation sites is 1. The Hall–Kier alpha value is -5.03. The Kier molecular flexibility index (Phi) is 10.9. The molecule has 0 fully saturated rings. The summed E-state index contributed by atoms with van der Waals surface area (Å²) in [4.78, 5) is 53.5. The molecule has 3 N–H and O–H groups in total. The van der Waals surface area contributed by atoms with Crippen molar-refractivity contribution in [1.29, 1.82) is 0 Å². The first kappa shape index (κ1) is 34.3. The van der Waals surface area contributed by atoms with Gasteiger partial charge in [-0.15, -0.1) is 11.8 Å². The normalized spacial score (nSPS) is 11.9. The van der Waals surface area contributed by atoms with Crippen LogP contribution in [-0.4, -0.2) is 32.3 Å². The number of nitrogens with zero attached hydrogens (tertiary/aromatic N) is 2. The van der Waals surface area contributed by atoms with Crippen molar-refractivity contribution in [3.05, 3.63) is 146 Å². The monoisotopic (exact) mass is 699 g/mol. The molecule has 5 rings (SSSR count). The van der Waals surface area contributed by atoms with Crippen molar-refractivity contribution in [1.82, 2.24) is 14.7 Å². The lowest BCUT2D eigenvalue weighted by atomic mass is 10.1. The van der Waals surface area contributed by atoms with E-state index in [1.807, 2.05) is 30.3 Å². The Morgan fingerprint density at radius 2 is 1.42 bits per heavy atom. The summed E-state index contributed by atoms with van der Waals surface area (Å²) in [5, 5.41) is 8.34. The molecule has 0 bridgehead atoms. The predicted molar refractivity (Wildman–Crippen MR) is 193 cm³/mol. The molecule has 0 saturated heterocycles. The Labute approximate surface area is 291 Å². The number of hydrogen-bond donors (Lipinski definition) is 3. The lowest BCUT2D eigenvalue weighted by molar-refractivity contribution is -0.115. The summed E-state index contributed by atoms with van der Waals surface area (Å²) < 4.78 is 3.21. The molecule has 0 aliphatic heterocycles. The van der Waals surface area contributed by atoms with Crippen LogP contribution < -0.4 is 21.5 Å². The van der Waals surface area contributed by atoms with Gasteiger partial charge >= 0.3 is 0 Å². The van der Waals surface area contributed by atoms with E-state index < -0.39 is 17.1 Å². The number of rotatable bonds is 10. The number of aromatic nitrogens is 2. The van der Waals surface area contributed by atoms with Crippen molar-refractivity contribution in [2.24, 2.45) is 7.05 Å². The summed E-state index contributed by atoms with van der Waals surface area (Å²) in [5.74, 6) is -1.41. The molecule has 0 aliphatic carbocycles. The van der Waals surface area contributed by atoms with Crippen LogP contribution in [0.3, 0.4) is 0 Å². The number of hydrogen-bond acceptors (Lipinski definition) is 5. The first-order chi connectivity index (χ1) is 23.0. The fourth-order valence-electron chi connectivity index (χ4n) is 4.75. The first-order valence-corrected chi connectivity index (χ1v) is 16.4. The van der Waals surface area contributed by atoms with Gasteiger partial charge in [0.15, 0.2) is 0 Å². The van der Waals surface area contributed by atoms with E-state index in [9.17, 15) is 19.2 Å². The zero-order valence-corrected chi connectivity index (χ0v) is 28.5. The third-order valence-corrected chi connectivity index (χ3v) is 9.19. The van der Waals surface area contributed by atoms with E-state index in [4.69, 9.17) is 23.2 Å². The molecule has 0 spiro atoms. The Morgan fingerprint density at radius 3 is 2.04 bits per heavy atom. The zero-order chi connectivity index (χ0) is 34.4. The summed E-state index contributed by atoms with van der Waals surface area (Å²) in [6.07, 6.45) is 1.43. The fourth-order valence-corrected chi connectivity index (χ4v) is 6.12. The standard InChI is InChI=1S/C36H31Cl2N5O4S/c1-22-32(36(47)43(42(22)3)26-13-8-5-9-14-26)41-33(44)23(2)48-27-19-17-25(18-20-27)39-35(46)31(21-28-29(37)15-10-16-30(28)38)40-34(45)24-11-6-4-7-12-24/h4-21,23H,1-3H3,(H,39,46)(H,40,45)(H,41,44)/b31-21-. The van der Waals surface area contributed by atoms with Crippen molar-refractivity contribution in [2.45, 2.75) is 24.0 Å². The first-order valence-electron chi connectivity index (χ1n) is 14.8. The van der Waals surface area contributed by atoms with E-state index in [1.54, 1.807) is 98.4 Å². The van der Waals surface area contributed by atoms with E-state index in [-0.39, 0.29) is 22.9 Å². The van der Waals surface area contributed by atoms with Crippen molar-refractivity contribution in [3.63, 3.8) is 0 Å². The van der Waals surface area contributed by atoms with Gasteiger partial charge in [0.05, 0.1) is 16.6 Å². The van der Waals surface area contributed by atoms with Crippen LogP contribution in [-0.2, 0) is 16.6 Å². The van der Waals surface area contributed by atoms with Crippen molar-refractivity contribution < 1.29 is 14.4 Å². The molecule has 9 nitrogen and oxygen atoms in total. The topological polar surface area (TPSA) is 114 Å². The third-order valence-electron chi connectivity index (χ3n) is 7.41. The molecule has 1 atom stereocenters. The molecule has 0 saturated carbocycles. The van der Waals surface area contributed by atoms with Gasteiger partial charge in [0.2, 0.25) is 5.91 Å². The summed E-state index contributed by atoms with van der Waals surface area (Å²) >= 11 is 14.0. The van der Waals surface area contributed by atoms with Crippen molar-refractivity contribution >= 4 is 70.1 Å². The lowest BCUT2D eigenvalue weighted by Crippen LogP contribution is -2.30. The second-order valence-electron chi connectivity index (χ2n) is 10.7. The van der Waals surface area contributed by atoms with E-state index in [2.05, 4.69) is 16.0 Å². The summed E-state index contributed by atoms with van der Waals surface area (Å²) in [5.41, 5.74) is 2.35. The Morgan fingerprint density at radius 1 is 0.812 bits per heavy atom. The van der Waals surface area contributed by atoms with Gasteiger partial charge in [0, 0.05) is 38.8 Å². The molecule has 0 radical (unpaired) electrons. The zero-order valence-electron chi connectivity index (χ0n) is 26.2. The van der Waals surface area contributed by atoms with E-state index >= 15 is 0 Å². The number of amides is 3. The Bertz CT molecular complexity index is 2040. The van der Waals surface area contributed by atoms with Gasteiger partial charge in [0.1, 0.15) is 11.4 Å². The van der Waals surface area contributed by atoms with Gasteiger partial charge < -0.3 is 16.0 Å². The summed E-state index contributed by atoms with van der Waals surface area (Å²) in [7, 11) is 1.76. The molecular weight excluding hydrogens is 669 g/mol. The van der Waals surface area contributed by atoms with Crippen LogP contribution in [0.1, 0.15) is 28.5 Å². The SMILES string of the molecule is Cc1c(NC(=O)C(C)Sc2ccc(NC(=O)/C(=C/c3c(Cl)cccc3Cl)NC(=O)c3ccccc3)cc2)c(=O)n(-c2ccccc2)n1C. The maximum absolute atomic E-state index is 13.4. The van der Waals surface area contributed by atoms with Gasteiger partial charge in [-0.1, -0.05) is 65.7 Å². The van der Waals surface area contributed by atoms with Gasteiger partial charge in [-0.25, -0.2) is 4.68 Å². The highest BCUT2D eigenvalue weighted by Crippen LogP contribution is 2.28. The van der Waals surface area contributed by atoms with Crippen molar-refractivity contribution in [2.75, 3.05) is 10.6 Å². The minimum absolute atomic E-state index is 0.0647. The average Bonchev–Trinajstić information content (AvgIpc) is 3.29. The number of carbonyl (C=O) groups is 3. The third kappa shape index (κ3) is 7.91. The van der Waals surface area contributed by atoms with Crippen LogP contribution in [0.25, 0.3) is 11.8 Å². The quantitative estimate of drug-likeness (QED) is 0.104. The minimum atomic E-state index is -0.595. The smallest absolute Gasteiger partial charge is 0.295 e. The maximum atomic E-state index is 13.4.